The molecule has 2 aromatic heterocycles. The number of hydrogen-bond acceptors (Lipinski definition) is 3. The summed E-state index contributed by atoms with van der Waals surface area (Å²) in [5.41, 5.74) is 1.32. The Kier molecular flexibility index (Phi) is 3.09. The largest absolute Gasteiger partial charge is 0.313 e. The highest BCUT2D eigenvalue weighted by molar-refractivity contribution is 6.03. The number of imidazole rings is 1. The Morgan fingerprint density at radius 2 is 2.05 bits per heavy atom. The number of pyridine rings is 1. The molecule has 5 nitrogen and oxygen atoms in total. The van der Waals surface area contributed by atoms with Crippen LogP contribution in [-0.2, 0) is 7.05 Å². The fraction of sp³-hybridized carbons (Fsp3) is 0.0714. The highest BCUT2D eigenvalue weighted by Crippen LogP contribution is 2.19. The van der Waals surface area contributed by atoms with Crippen molar-refractivity contribution in [3.05, 3.63) is 53.9 Å². The Labute approximate surface area is 118 Å². The molecule has 0 bridgehead atoms. The SMILES string of the molecule is Cn1c(NC(=O)c2ccc(F)nc2)nc2cc(F)ccc21. The lowest BCUT2D eigenvalue weighted by atomic mass is 10.3. The molecule has 0 radical (unpaired) electrons. The van der Waals surface area contributed by atoms with Crippen LogP contribution < -0.4 is 5.32 Å². The molecule has 1 amide bonds. The maximum absolute atomic E-state index is 13.2. The number of rotatable bonds is 2. The number of benzene rings is 1. The third-order valence-electron chi connectivity index (χ3n) is 3.06. The number of halogens is 2. The number of nitrogens with one attached hydrogen (secondary N) is 1. The second-order valence-electron chi connectivity index (χ2n) is 4.45. The van der Waals surface area contributed by atoms with E-state index in [-0.39, 0.29) is 11.5 Å². The van der Waals surface area contributed by atoms with E-state index in [1.165, 1.54) is 18.2 Å². The van der Waals surface area contributed by atoms with Crippen LogP contribution in [0, 0.1) is 11.8 Å². The van der Waals surface area contributed by atoms with Crippen LogP contribution in [0.1, 0.15) is 10.4 Å². The van der Waals surface area contributed by atoms with E-state index in [1.54, 1.807) is 17.7 Å². The summed E-state index contributed by atoms with van der Waals surface area (Å²) < 4.78 is 27.5. The van der Waals surface area contributed by atoms with Gasteiger partial charge in [-0.2, -0.15) is 4.39 Å². The number of amides is 1. The summed E-state index contributed by atoms with van der Waals surface area (Å²) >= 11 is 0. The van der Waals surface area contributed by atoms with E-state index in [2.05, 4.69) is 15.3 Å². The highest BCUT2D eigenvalue weighted by atomic mass is 19.1. The Hall–Kier alpha value is -2.83. The van der Waals surface area contributed by atoms with Gasteiger partial charge in [0.1, 0.15) is 5.82 Å². The zero-order valence-corrected chi connectivity index (χ0v) is 11.0. The van der Waals surface area contributed by atoms with Gasteiger partial charge in [0, 0.05) is 19.3 Å². The zero-order valence-electron chi connectivity index (χ0n) is 11.0. The van der Waals surface area contributed by atoms with Gasteiger partial charge in [-0.1, -0.05) is 0 Å². The summed E-state index contributed by atoms with van der Waals surface area (Å²) in [6.45, 7) is 0. The van der Waals surface area contributed by atoms with Crippen LogP contribution in [0.5, 0.6) is 0 Å². The van der Waals surface area contributed by atoms with Crippen LogP contribution in [0.3, 0.4) is 0 Å². The quantitative estimate of drug-likeness (QED) is 0.737. The smallest absolute Gasteiger partial charge is 0.259 e. The summed E-state index contributed by atoms with van der Waals surface area (Å²) in [6.07, 6.45) is 1.13. The van der Waals surface area contributed by atoms with Crippen molar-refractivity contribution in [3.8, 4) is 0 Å². The van der Waals surface area contributed by atoms with E-state index >= 15 is 0 Å². The number of aromatic nitrogens is 3. The minimum atomic E-state index is -0.662. The average Bonchev–Trinajstić information content (AvgIpc) is 2.75. The van der Waals surface area contributed by atoms with E-state index in [1.807, 2.05) is 0 Å². The van der Waals surface area contributed by atoms with Crippen molar-refractivity contribution in [1.29, 1.82) is 0 Å². The minimum absolute atomic E-state index is 0.203. The van der Waals surface area contributed by atoms with Gasteiger partial charge in [-0.05, 0) is 24.3 Å². The summed E-state index contributed by atoms with van der Waals surface area (Å²) in [6, 6.07) is 6.59. The fourth-order valence-corrected chi connectivity index (χ4v) is 1.97. The normalized spacial score (nSPS) is 10.8. The van der Waals surface area contributed by atoms with Crippen molar-refractivity contribution >= 4 is 22.9 Å². The van der Waals surface area contributed by atoms with Gasteiger partial charge in [0.25, 0.3) is 5.91 Å². The van der Waals surface area contributed by atoms with Crippen molar-refractivity contribution in [3.63, 3.8) is 0 Å². The molecule has 3 aromatic rings. The number of carbonyl (C=O) groups excluding carboxylic acids is 1. The number of hydrogen-bond donors (Lipinski definition) is 1. The zero-order chi connectivity index (χ0) is 15.0. The van der Waals surface area contributed by atoms with Crippen molar-refractivity contribution in [2.75, 3.05) is 5.32 Å². The van der Waals surface area contributed by atoms with Crippen molar-refractivity contribution in [2.45, 2.75) is 0 Å². The van der Waals surface area contributed by atoms with Gasteiger partial charge in [0.15, 0.2) is 0 Å². The first-order valence-corrected chi connectivity index (χ1v) is 6.09. The van der Waals surface area contributed by atoms with Crippen molar-refractivity contribution < 1.29 is 13.6 Å². The molecule has 0 saturated carbocycles. The molecule has 0 saturated heterocycles. The molecule has 0 atom stereocenters. The van der Waals surface area contributed by atoms with Gasteiger partial charge in [-0.25, -0.2) is 14.4 Å². The van der Waals surface area contributed by atoms with E-state index < -0.39 is 17.7 Å². The molecule has 1 aromatic carbocycles. The maximum Gasteiger partial charge on any atom is 0.259 e. The molecule has 106 valence electrons. The Morgan fingerprint density at radius 1 is 1.24 bits per heavy atom. The molecule has 7 heteroatoms. The number of fused-ring (bicyclic) bond motifs is 1. The second kappa shape index (κ2) is 4.93. The Balaban J connectivity index is 1.92. The molecule has 1 N–H and O–H groups in total. The first-order valence-electron chi connectivity index (χ1n) is 6.09. The summed E-state index contributed by atoms with van der Waals surface area (Å²) in [4.78, 5) is 19.6. The summed E-state index contributed by atoms with van der Waals surface area (Å²) in [5, 5.41) is 2.58. The van der Waals surface area contributed by atoms with Crippen LogP contribution in [0.15, 0.2) is 36.5 Å². The topological polar surface area (TPSA) is 59.8 Å². The molecule has 0 aliphatic heterocycles. The average molecular weight is 288 g/mol. The van der Waals surface area contributed by atoms with Crippen LogP contribution in [-0.4, -0.2) is 20.4 Å². The van der Waals surface area contributed by atoms with Crippen LogP contribution in [0.4, 0.5) is 14.7 Å². The standard InChI is InChI=1S/C14H10F2N4O/c1-20-11-4-3-9(15)6-10(11)18-14(20)19-13(21)8-2-5-12(16)17-7-8/h2-7H,1H3,(H,18,19,21). The van der Waals surface area contributed by atoms with Gasteiger partial charge in [0.05, 0.1) is 16.6 Å². The van der Waals surface area contributed by atoms with Crippen molar-refractivity contribution in [2.24, 2.45) is 7.05 Å². The van der Waals surface area contributed by atoms with Crippen LogP contribution >= 0.6 is 0 Å². The molecule has 0 aliphatic carbocycles. The summed E-state index contributed by atoms with van der Waals surface area (Å²) in [7, 11) is 1.70. The Bertz CT molecular complexity index is 827. The fourth-order valence-electron chi connectivity index (χ4n) is 1.97. The number of anilines is 1. The number of carbonyl (C=O) groups is 1. The van der Waals surface area contributed by atoms with Crippen LogP contribution in [0.2, 0.25) is 0 Å². The first-order chi connectivity index (χ1) is 10.0. The predicted octanol–water partition coefficient (Wildman–Crippen LogP) is 2.50. The van der Waals surface area contributed by atoms with Gasteiger partial charge in [0.2, 0.25) is 11.9 Å². The Morgan fingerprint density at radius 3 is 2.76 bits per heavy atom. The van der Waals surface area contributed by atoms with Gasteiger partial charge in [-0.3, -0.25) is 10.1 Å². The van der Waals surface area contributed by atoms with E-state index in [0.29, 0.717) is 11.0 Å². The molecule has 0 spiro atoms. The lowest BCUT2D eigenvalue weighted by Gasteiger charge is -2.04. The number of nitrogens with zero attached hydrogens (tertiary/aromatic N) is 3. The molecule has 21 heavy (non-hydrogen) atoms. The molecule has 2 heterocycles. The molecular formula is C14H10F2N4O. The van der Waals surface area contributed by atoms with E-state index in [4.69, 9.17) is 0 Å². The van der Waals surface area contributed by atoms with Gasteiger partial charge >= 0.3 is 0 Å². The van der Waals surface area contributed by atoms with E-state index in [9.17, 15) is 13.6 Å². The van der Waals surface area contributed by atoms with Crippen LogP contribution in [0.25, 0.3) is 11.0 Å². The molecular weight excluding hydrogens is 278 g/mol. The predicted molar refractivity (Wildman–Crippen MR) is 72.8 cm³/mol. The lowest BCUT2D eigenvalue weighted by molar-refractivity contribution is 0.102. The third kappa shape index (κ3) is 2.45. The first kappa shape index (κ1) is 13.2. The van der Waals surface area contributed by atoms with Gasteiger partial charge in [-0.15, -0.1) is 0 Å². The van der Waals surface area contributed by atoms with E-state index in [0.717, 1.165) is 12.3 Å². The molecule has 0 aliphatic rings. The summed E-state index contributed by atoms with van der Waals surface area (Å²) in [5.74, 6) is -1.27. The van der Waals surface area contributed by atoms with Gasteiger partial charge < -0.3 is 4.57 Å². The maximum atomic E-state index is 13.2. The molecule has 3 rings (SSSR count). The minimum Gasteiger partial charge on any atom is -0.313 e. The lowest BCUT2D eigenvalue weighted by Crippen LogP contribution is -2.15. The number of aryl methyl sites for hydroxylation is 1. The molecule has 0 unspecified atom stereocenters. The van der Waals surface area contributed by atoms with Crippen molar-refractivity contribution in [1.82, 2.24) is 14.5 Å². The monoisotopic (exact) mass is 288 g/mol. The second-order valence-corrected chi connectivity index (χ2v) is 4.45. The third-order valence-corrected chi connectivity index (χ3v) is 3.06. The highest BCUT2D eigenvalue weighted by Gasteiger charge is 2.13. The molecule has 0 fully saturated rings.